The summed E-state index contributed by atoms with van der Waals surface area (Å²) < 4.78 is 10.7. The Morgan fingerprint density at radius 2 is 2.08 bits per heavy atom. The van der Waals surface area contributed by atoms with Gasteiger partial charge in [-0.15, -0.1) is 0 Å². The number of rotatable bonds is 7. The molecule has 4 N–H and O–H groups in total. The summed E-state index contributed by atoms with van der Waals surface area (Å²) in [6.07, 6.45) is 0. The van der Waals surface area contributed by atoms with E-state index in [2.05, 4.69) is 16.4 Å². The Morgan fingerprint density at radius 3 is 2.67 bits per heavy atom. The lowest BCUT2D eigenvalue weighted by Crippen LogP contribution is -2.40. The Morgan fingerprint density at radius 1 is 1.42 bits per heavy atom. The molecule has 2 rings (SSSR count). The third kappa shape index (κ3) is 4.18. The van der Waals surface area contributed by atoms with Crippen molar-refractivity contribution in [3.63, 3.8) is 0 Å². The fraction of sp³-hybridized carbons (Fsp3) is 0.471. The molecule has 1 heterocycles. The van der Waals surface area contributed by atoms with Crippen LogP contribution in [0.3, 0.4) is 0 Å². The van der Waals surface area contributed by atoms with E-state index in [9.17, 15) is 4.79 Å². The first-order chi connectivity index (χ1) is 11.4. The van der Waals surface area contributed by atoms with Gasteiger partial charge in [-0.3, -0.25) is 9.69 Å². The molecular weight excluding hydrogens is 308 g/mol. The number of hydrogen-bond acceptors (Lipinski definition) is 6. The average molecular weight is 334 g/mol. The predicted molar refractivity (Wildman–Crippen MR) is 96.2 cm³/mol. The number of ether oxygens (including phenoxy) is 2. The Bertz CT molecular complexity index is 612. The van der Waals surface area contributed by atoms with E-state index >= 15 is 0 Å². The zero-order valence-corrected chi connectivity index (χ0v) is 14.4. The number of amides is 1. The van der Waals surface area contributed by atoms with E-state index in [1.54, 1.807) is 13.2 Å². The van der Waals surface area contributed by atoms with Crippen molar-refractivity contribution in [2.45, 2.75) is 0 Å². The van der Waals surface area contributed by atoms with Gasteiger partial charge in [0.1, 0.15) is 5.75 Å². The normalized spacial score (nSPS) is 15.1. The third-order valence-electron chi connectivity index (χ3n) is 4.24. The van der Waals surface area contributed by atoms with Crippen molar-refractivity contribution < 1.29 is 14.3 Å². The fourth-order valence-corrected chi connectivity index (χ4v) is 2.69. The Labute approximate surface area is 142 Å². The van der Waals surface area contributed by atoms with Gasteiger partial charge in [-0.25, -0.2) is 0 Å². The van der Waals surface area contributed by atoms with E-state index in [-0.39, 0.29) is 5.57 Å². The van der Waals surface area contributed by atoms with Gasteiger partial charge in [-0.05, 0) is 6.07 Å². The number of carbonyl (C=O) groups is 1. The highest BCUT2D eigenvalue weighted by molar-refractivity contribution is 6.19. The molecule has 0 aromatic heterocycles. The first-order valence-corrected chi connectivity index (χ1v) is 7.92. The number of morpholine rings is 1. The van der Waals surface area contributed by atoms with Crippen LogP contribution < -0.4 is 21.1 Å². The van der Waals surface area contributed by atoms with Gasteiger partial charge >= 0.3 is 0 Å². The number of likely N-dealkylation sites (N-methyl/N-ethyl adjacent to an activating group) is 1. The molecule has 0 aliphatic carbocycles. The van der Waals surface area contributed by atoms with Crippen LogP contribution in [-0.2, 0) is 9.53 Å². The molecule has 132 valence electrons. The Balaban J connectivity index is 2.21. The van der Waals surface area contributed by atoms with Crippen LogP contribution in [0.25, 0.3) is 5.57 Å². The summed E-state index contributed by atoms with van der Waals surface area (Å²) in [4.78, 5) is 16.0. The molecule has 1 amide bonds. The molecule has 0 spiro atoms. The van der Waals surface area contributed by atoms with Crippen molar-refractivity contribution in [1.29, 1.82) is 0 Å². The fourth-order valence-electron chi connectivity index (χ4n) is 2.69. The van der Waals surface area contributed by atoms with Crippen LogP contribution in [0.1, 0.15) is 5.56 Å². The highest BCUT2D eigenvalue weighted by Gasteiger charge is 2.18. The van der Waals surface area contributed by atoms with E-state index in [0.717, 1.165) is 45.1 Å². The van der Waals surface area contributed by atoms with Crippen molar-refractivity contribution in [3.05, 3.63) is 24.3 Å². The SMILES string of the molecule is C=C(C(N)=O)c1cc(N)c(OC)cc1N(C)CCN1CCOCC1. The summed E-state index contributed by atoms with van der Waals surface area (Å²) in [6, 6.07) is 3.50. The van der Waals surface area contributed by atoms with Crippen molar-refractivity contribution in [3.8, 4) is 5.75 Å². The second kappa shape index (κ2) is 8.03. The summed E-state index contributed by atoms with van der Waals surface area (Å²) >= 11 is 0. The standard InChI is InChI=1S/C17H26N4O3/c1-12(17(19)22)13-10-14(18)16(23-3)11-15(13)20(2)4-5-21-6-8-24-9-7-21/h10-11H,1,4-9,18H2,2-3H3,(H2,19,22). The van der Waals surface area contributed by atoms with Gasteiger partial charge < -0.3 is 25.8 Å². The lowest BCUT2D eigenvalue weighted by Gasteiger charge is -2.30. The lowest BCUT2D eigenvalue weighted by molar-refractivity contribution is -0.112. The molecule has 24 heavy (non-hydrogen) atoms. The monoisotopic (exact) mass is 334 g/mol. The number of nitrogens with zero attached hydrogens (tertiary/aromatic N) is 2. The first kappa shape index (κ1) is 18.1. The van der Waals surface area contributed by atoms with Crippen molar-refractivity contribution >= 4 is 22.9 Å². The summed E-state index contributed by atoms with van der Waals surface area (Å²) in [5.41, 5.74) is 13.5. The molecule has 0 bridgehead atoms. The van der Waals surface area contributed by atoms with Crippen LogP contribution in [0.4, 0.5) is 11.4 Å². The van der Waals surface area contributed by atoms with Gasteiger partial charge in [0, 0.05) is 56.1 Å². The van der Waals surface area contributed by atoms with Gasteiger partial charge in [-0.1, -0.05) is 6.58 Å². The molecule has 1 aliphatic heterocycles. The van der Waals surface area contributed by atoms with Crippen LogP contribution in [0.5, 0.6) is 5.75 Å². The largest absolute Gasteiger partial charge is 0.495 e. The maximum atomic E-state index is 11.6. The minimum absolute atomic E-state index is 0.234. The van der Waals surface area contributed by atoms with Crippen molar-refractivity contribution in [2.24, 2.45) is 5.73 Å². The maximum Gasteiger partial charge on any atom is 0.248 e. The zero-order valence-electron chi connectivity index (χ0n) is 14.4. The number of nitrogen functional groups attached to an aromatic ring is 1. The molecule has 1 aliphatic rings. The Hall–Kier alpha value is -2.25. The second-order valence-electron chi connectivity index (χ2n) is 5.83. The van der Waals surface area contributed by atoms with E-state index in [1.165, 1.54) is 0 Å². The Kier molecular flexibility index (Phi) is 6.05. The average Bonchev–Trinajstić information content (AvgIpc) is 2.59. The highest BCUT2D eigenvalue weighted by atomic mass is 16.5. The maximum absolute atomic E-state index is 11.6. The highest BCUT2D eigenvalue weighted by Crippen LogP contribution is 2.34. The van der Waals surface area contributed by atoms with Gasteiger partial charge in [-0.2, -0.15) is 0 Å². The van der Waals surface area contributed by atoms with Crippen LogP contribution in [-0.4, -0.2) is 64.4 Å². The predicted octanol–water partition coefficient (Wildman–Crippen LogP) is 0.544. The quantitative estimate of drug-likeness (QED) is 0.558. The summed E-state index contributed by atoms with van der Waals surface area (Å²) in [7, 11) is 3.52. The van der Waals surface area contributed by atoms with Crippen molar-refractivity contribution in [1.82, 2.24) is 4.90 Å². The van der Waals surface area contributed by atoms with Gasteiger partial charge in [0.2, 0.25) is 5.91 Å². The number of methoxy groups -OCH3 is 1. The number of anilines is 2. The number of primary amides is 1. The number of benzene rings is 1. The van der Waals surface area contributed by atoms with Crippen LogP contribution in [0, 0.1) is 0 Å². The van der Waals surface area contributed by atoms with Crippen LogP contribution in [0.15, 0.2) is 18.7 Å². The zero-order chi connectivity index (χ0) is 17.7. The first-order valence-electron chi connectivity index (χ1n) is 7.92. The number of carbonyl (C=O) groups excluding carboxylic acids is 1. The van der Waals surface area contributed by atoms with E-state index < -0.39 is 5.91 Å². The minimum Gasteiger partial charge on any atom is -0.495 e. The molecular formula is C17H26N4O3. The molecule has 1 fully saturated rings. The summed E-state index contributed by atoms with van der Waals surface area (Å²) in [5.74, 6) is -0.00774. The molecule has 7 nitrogen and oxygen atoms in total. The molecule has 0 radical (unpaired) electrons. The van der Waals surface area contributed by atoms with Crippen LogP contribution >= 0.6 is 0 Å². The van der Waals surface area contributed by atoms with Gasteiger partial charge in [0.05, 0.1) is 26.0 Å². The molecule has 1 aromatic rings. The van der Waals surface area contributed by atoms with Gasteiger partial charge in [0.25, 0.3) is 0 Å². The summed E-state index contributed by atoms with van der Waals surface area (Å²) in [5, 5.41) is 0. The van der Waals surface area contributed by atoms with E-state index in [0.29, 0.717) is 17.0 Å². The smallest absolute Gasteiger partial charge is 0.248 e. The minimum atomic E-state index is -0.567. The third-order valence-corrected chi connectivity index (χ3v) is 4.24. The number of hydrogen-bond donors (Lipinski definition) is 2. The lowest BCUT2D eigenvalue weighted by atomic mass is 10.0. The van der Waals surface area contributed by atoms with Crippen LogP contribution in [0.2, 0.25) is 0 Å². The van der Waals surface area contributed by atoms with E-state index in [1.807, 2.05) is 13.1 Å². The van der Waals surface area contributed by atoms with Gasteiger partial charge in [0.15, 0.2) is 0 Å². The summed E-state index contributed by atoms with van der Waals surface area (Å²) in [6.45, 7) is 8.87. The molecule has 1 saturated heterocycles. The van der Waals surface area contributed by atoms with E-state index in [4.69, 9.17) is 20.9 Å². The molecule has 0 atom stereocenters. The second-order valence-corrected chi connectivity index (χ2v) is 5.83. The topological polar surface area (TPSA) is 94.0 Å². The molecule has 0 unspecified atom stereocenters. The molecule has 7 heteroatoms. The molecule has 1 aromatic carbocycles. The molecule has 0 saturated carbocycles. The number of nitrogens with two attached hydrogens (primary N) is 2. The van der Waals surface area contributed by atoms with Crippen molar-refractivity contribution in [2.75, 3.05) is 64.2 Å².